The molecule has 0 saturated carbocycles. The Balaban J connectivity index is 2.10. The molecule has 25 heavy (non-hydrogen) atoms. The van der Waals surface area contributed by atoms with Crippen molar-refractivity contribution in [2.45, 2.75) is 46.6 Å². The van der Waals surface area contributed by atoms with Crippen LogP contribution in [0.25, 0.3) is 0 Å². The molecule has 5 nitrogen and oxygen atoms in total. The summed E-state index contributed by atoms with van der Waals surface area (Å²) < 4.78 is 0. The van der Waals surface area contributed by atoms with Crippen molar-refractivity contribution >= 4 is 17.2 Å². The van der Waals surface area contributed by atoms with E-state index in [1.54, 1.807) is 19.1 Å². The highest BCUT2D eigenvalue weighted by Gasteiger charge is 2.22. The lowest BCUT2D eigenvalue weighted by molar-refractivity contribution is 0.391. The second kappa shape index (κ2) is 8.90. The molecular formula is C20H31N5. The van der Waals surface area contributed by atoms with Gasteiger partial charge in [0.15, 0.2) is 0 Å². The summed E-state index contributed by atoms with van der Waals surface area (Å²) in [6.45, 7) is 11.2. The van der Waals surface area contributed by atoms with Crippen molar-refractivity contribution in [3.05, 3.63) is 35.5 Å². The number of anilines is 1. The van der Waals surface area contributed by atoms with Gasteiger partial charge in [-0.15, -0.1) is 0 Å². The number of aryl methyl sites for hydroxylation is 1. The quantitative estimate of drug-likeness (QED) is 0.664. The molecule has 0 atom stereocenters. The third kappa shape index (κ3) is 5.78. The van der Waals surface area contributed by atoms with Crippen LogP contribution in [0.3, 0.4) is 0 Å². The molecule has 0 aromatic carbocycles. The van der Waals surface area contributed by atoms with E-state index in [1.165, 1.54) is 0 Å². The molecule has 0 bridgehead atoms. The number of rotatable bonds is 7. The molecular weight excluding hydrogens is 310 g/mol. The van der Waals surface area contributed by atoms with E-state index in [0.717, 1.165) is 49.4 Å². The van der Waals surface area contributed by atoms with Gasteiger partial charge in [-0.3, -0.25) is 0 Å². The highest BCUT2D eigenvalue weighted by molar-refractivity contribution is 6.12. The van der Waals surface area contributed by atoms with Crippen molar-refractivity contribution in [2.24, 2.45) is 5.92 Å². The van der Waals surface area contributed by atoms with E-state index in [-0.39, 0.29) is 0 Å². The molecule has 1 fully saturated rings. The fourth-order valence-electron chi connectivity index (χ4n) is 3.01. The molecule has 5 heteroatoms. The first-order chi connectivity index (χ1) is 11.9. The zero-order valence-electron chi connectivity index (χ0n) is 15.9. The number of piperidine rings is 1. The predicted molar refractivity (Wildman–Crippen MR) is 106 cm³/mol. The Labute approximate surface area is 151 Å². The van der Waals surface area contributed by atoms with E-state index in [0.29, 0.717) is 23.4 Å². The Morgan fingerprint density at radius 2 is 2.00 bits per heavy atom. The highest BCUT2D eigenvalue weighted by atomic mass is 15.2. The summed E-state index contributed by atoms with van der Waals surface area (Å²) in [4.78, 5) is 6.92. The fourth-order valence-corrected chi connectivity index (χ4v) is 3.01. The summed E-state index contributed by atoms with van der Waals surface area (Å²) >= 11 is 0. The van der Waals surface area contributed by atoms with Gasteiger partial charge in [0.25, 0.3) is 0 Å². The van der Waals surface area contributed by atoms with Gasteiger partial charge in [0.1, 0.15) is 5.82 Å². The van der Waals surface area contributed by atoms with Crippen LogP contribution in [0.5, 0.6) is 0 Å². The minimum Gasteiger partial charge on any atom is -0.356 e. The van der Waals surface area contributed by atoms with E-state index < -0.39 is 0 Å². The van der Waals surface area contributed by atoms with Crippen molar-refractivity contribution in [2.75, 3.05) is 24.5 Å². The summed E-state index contributed by atoms with van der Waals surface area (Å²) in [6, 6.07) is 2.60. The third-order valence-electron chi connectivity index (χ3n) is 4.40. The van der Waals surface area contributed by atoms with Crippen LogP contribution in [0, 0.1) is 23.7 Å². The molecule has 0 aliphatic carbocycles. The molecule has 0 spiro atoms. The van der Waals surface area contributed by atoms with Crippen LogP contribution in [0.4, 0.5) is 5.82 Å². The zero-order valence-corrected chi connectivity index (χ0v) is 15.9. The summed E-state index contributed by atoms with van der Waals surface area (Å²) in [5.41, 5.74) is 2.77. The maximum absolute atomic E-state index is 8.37. The molecule has 0 radical (unpaired) electrons. The molecule has 136 valence electrons. The lowest BCUT2D eigenvalue weighted by atomic mass is 10.0. The van der Waals surface area contributed by atoms with Gasteiger partial charge in [0.2, 0.25) is 0 Å². The number of allylic oxidation sites excluding steroid dienone is 2. The largest absolute Gasteiger partial charge is 0.356 e. The van der Waals surface area contributed by atoms with Gasteiger partial charge in [-0.2, -0.15) is 0 Å². The predicted octanol–water partition coefficient (Wildman–Crippen LogP) is 3.57. The first-order valence-electron chi connectivity index (χ1n) is 9.14. The Morgan fingerprint density at radius 1 is 1.32 bits per heavy atom. The van der Waals surface area contributed by atoms with E-state index in [2.05, 4.69) is 29.0 Å². The van der Waals surface area contributed by atoms with Crippen LogP contribution in [-0.2, 0) is 0 Å². The molecule has 1 aromatic heterocycles. The smallest absolute Gasteiger partial charge is 0.137 e. The minimum absolute atomic E-state index is 0.415. The Bertz CT molecular complexity index is 639. The highest BCUT2D eigenvalue weighted by Crippen LogP contribution is 2.24. The first kappa shape index (κ1) is 19.3. The van der Waals surface area contributed by atoms with Crippen molar-refractivity contribution in [1.82, 2.24) is 10.3 Å². The van der Waals surface area contributed by atoms with Gasteiger partial charge < -0.3 is 21.0 Å². The number of nitrogens with one attached hydrogen (secondary N) is 3. The molecule has 3 N–H and O–H groups in total. The van der Waals surface area contributed by atoms with Crippen molar-refractivity contribution in [3.63, 3.8) is 0 Å². The lowest BCUT2D eigenvalue weighted by Gasteiger charge is -2.34. The SMILES string of the molecule is CC(=N)C=CC(=N)c1cc(C)cnc1N1CCC(NCC(C)C)CC1. The number of nitrogens with zero attached hydrogens (tertiary/aromatic N) is 2. The van der Waals surface area contributed by atoms with E-state index >= 15 is 0 Å². The average molecular weight is 342 g/mol. The molecule has 2 rings (SSSR count). The maximum atomic E-state index is 8.37. The summed E-state index contributed by atoms with van der Waals surface area (Å²) in [6.07, 6.45) is 7.44. The van der Waals surface area contributed by atoms with Gasteiger partial charge >= 0.3 is 0 Å². The Kier molecular flexibility index (Phi) is 6.88. The van der Waals surface area contributed by atoms with Crippen molar-refractivity contribution in [3.8, 4) is 0 Å². The first-order valence-corrected chi connectivity index (χ1v) is 9.14. The number of hydrogen-bond donors (Lipinski definition) is 3. The van der Waals surface area contributed by atoms with Gasteiger partial charge in [0, 0.05) is 36.6 Å². The van der Waals surface area contributed by atoms with Crippen LogP contribution in [-0.4, -0.2) is 42.1 Å². The molecule has 1 aliphatic heterocycles. The summed E-state index contributed by atoms with van der Waals surface area (Å²) in [5.74, 6) is 1.57. The van der Waals surface area contributed by atoms with Gasteiger partial charge in [-0.1, -0.05) is 13.8 Å². The molecule has 1 aromatic rings. The molecule has 0 unspecified atom stereocenters. The van der Waals surface area contributed by atoms with Crippen molar-refractivity contribution in [1.29, 1.82) is 10.8 Å². The maximum Gasteiger partial charge on any atom is 0.137 e. The number of pyridine rings is 1. The Hall–Kier alpha value is -2.01. The van der Waals surface area contributed by atoms with E-state index in [4.69, 9.17) is 10.8 Å². The molecule has 0 amide bonds. The normalized spacial score (nSPS) is 16.0. The van der Waals surface area contributed by atoms with E-state index in [1.807, 2.05) is 19.2 Å². The number of aromatic nitrogens is 1. The van der Waals surface area contributed by atoms with Crippen molar-refractivity contribution < 1.29 is 0 Å². The van der Waals surface area contributed by atoms with Crippen LogP contribution < -0.4 is 10.2 Å². The average Bonchev–Trinajstić information content (AvgIpc) is 2.58. The standard InChI is InChI=1S/C20H31N5/c1-14(2)12-23-17-7-9-25(10-8-17)20-18(11-15(3)13-24-20)19(22)6-5-16(4)21/h5-6,11,13-14,17,21-23H,7-10,12H2,1-4H3. The van der Waals surface area contributed by atoms with Gasteiger partial charge in [0.05, 0.1) is 5.71 Å². The molecule has 2 heterocycles. The fraction of sp³-hybridized carbons (Fsp3) is 0.550. The van der Waals surface area contributed by atoms with Crippen LogP contribution in [0.15, 0.2) is 24.4 Å². The second-order valence-corrected chi connectivity index (χ2v) is 7.38. The number of hydrogen-bond acceptors (Lipinski definition) is 5. The third-order valence-corrected chi connectivity index (χ3v) is 4.40. The summed E-state index contributed by atoms with van der Waals surface area (Å²) in [5, 5.41) is 19.5. The van der Waals surface area contributed by atoms with Gasteiger partial charge in [-0.05, 0) is 62.9 Å². The van der Waals surface area contributed by atoms with Crippen LogP contribution in [0.2, 0.25) is 0 Å². The zero-order chi connectivity index (χ0) is 18.4. The monoisotopic (exact) mass is 341 g/mol. The Morgan fingerprint density at radius 3 is 2.60 bits per heavy atom. The van der Waals surface area contributed by atoms with E-state index in [9.17, 15) is 0 Å². The van der Waals surface area contributed by atoms with Crippen LogP contribution >= 0.6 is 0 Å². The molecule has 1 saturated heterocycles. The minimum atomic E-state index is 0.415. The second-order valence-electron chi connectivity index (χ2n) is 7.38. The molecule has 1 aliphatic rings. The topological polar surface area (TPSA) is 75.9 Å². The lowest BCUT2D eigenvalue weighted by Crippen LogP contribution is -2.44. The van der Waals surface area contributed by atoms with Crippen LogP contribution in [0.1, 0.15) is 44.7 Å². The van der Waals surface area contributed by atoms with Gasteiger partial charge in [-0.25, -0.2) is 4.98 Å². The summed E-state index contributed by atoms with van der Waals surface area (Å²) in [7, 11) is 0.